The van der Waals surface area contributed by atoms with Gasteiger partial charge in [-0.25, -0.2) is 8.42 Å². The fourth-order valence-corrected chi connectivity index (χ4v) is 4.36. The summed E-state index contributed by atoms with van der Waals surface area (Å²) in [5, 5.41) is 3.06. The standard InChI is InChI=1S/C24H23ClN2O5S/c1-3-27(33(2,30)31)19-10-12-20(13-11-19)32-16-23(28)26-22-14-9-18(25)15-21(22)24(29)17-7-5-4-6-8-17/h4-15H,3,16H2,1-2H3,(H,26,28). The van der Waals surface area contributed by atoms with Gasteiger partial charge in [-0.2, -0.15) is 0 Å². The predicted molar refractivity (Wildman–Crippen MR) is 130 cm³/mol. The van der Waals surface area contributed by atoms with Gasteiger partial charge in [0.15, 0.2) is 12.4 Å². The first-order valence-electron chi connectivity index (χ1n) is 10.1. The fourth-order valence-electron chi connectivity index (χ4n) is 3.21. The second-order valence-corrected chi connectivity index (χ2v) is 9.49. The molecule has 0 aliphatic carbocycles. The van der Waals surface area contributed by atoms with Gasteiger partial charge in [-0.15, -0.1) is 0 Å². The second kappa shape index (κ2) is 10.5. The minimum atomic E-state index is -3.38. The number of halogens is 1. The molecule has 0 atom stereocenters. The second-order valence-electron chi connectivity index (χ2n) is 7.14. The number of hydrogen-bond donors (Lipinski definition) is 1. The van der Waals surface area contributed by atoms with Crippen LogP contribution in [0.25, 0.3) is 0 Å². The number of carbonyl (C=O) groups excluding carboxylic acids is 2. The molecule has 3 rings (SSSR count). The smallest absolute Gasteiger partial charge is 0.262 e. The summed E-state index contributed by atoms with van der Waals surface area (Å²) >= 11 is 6.07. The number of ketones is 1. The number of carbonyl (C=O) groups is 2. The maximum Gasteiger partial charge on any atom is 0.262 e. The number of rotatable bonds is 9. The van der Waals surface area contributed by atoms with E-state index in [0.717, 1.165) is 6.26 Å². The normalized spacial score (nSPS) is 11.0. The Bertz CT molecular complexity index is 1250. The van der Waals surface area contributed by atoms with Gasteiger partial charge < -0.3 is 10.1 Å². The maximum absolute atomic E-state index is 12.9. The fraction of sp³-hybridized carbons (Fsp3) is 0.167. The van der Waals surface area contributed by atoms with Crippen LogP contribution in [-0.4, -0.2) is 39.5 Å². The van der Waals surface area contributed by atoms with Crippen molar-refractivity contribution in [1.82, 2.24) is 0 Å². The van der Waals surface area contributed by atoms with Crippen molar-refractivity contribution < 1.29 is 22.7 Å². The van der Waals surface area contributed by atoms with E-state index in [9.17, 15) is 18.0 Å². The largest absolute Gasteiger partial charge is 0.484 e. The molecule has 0 bridgehead atoms. The Labute approximate surface area is 198 Å². The van der Waals surface area contributed by atoms with Crippen LogP contribution in [0.1, 0.15) is 22.8 Å². The topological polar surface area (TPSA) is 92.8 Å². The summed E-state index contributed by atoms with van der Waals surface area (Å²) in [4.78, 5) is 25.3. The van der Waals surface area contributed by atoms with Gasteiger partial charge in [0.25, 0.3) is 5.91 Å². The van der Waals surface area contributed by atoms with Gasteiger partial charge >= 0.3 is 0 Å². The molecule has 0 radical (unpaired) electrons. The van der Waals surface area contributed by atoms with Crippen molar-refractivity contribution in [3.05, 3.63) is 88.9 Å². The number of sulfonamides is 1. The molecule has 1 amide bonds. The number of ether oxygens (including phenoxy) is 1. The van der Waals surface area contributed by atoms with E-state index in [4.69, 9.17) is 16.3 Å². The lowest BCUT2D eigenvalue weighted by molar-refractivity contribution is -0.118. The number of nitrogens with one attached hydrogen (secondary N) is 1. The molecule has 33 heavy (non-hydrogen) atoms. The number of anilines is 2. The lowest BCUT2D eigenvalue weighted by Crippen LogP contribution is -2.29. The van der Waals surface area contributed by atoms with Crippen molar-refractivity contribution in [3.8, 4) is 5.75 Å². The van der Waals surface area contributed by atoms with Gasteiger partial charge in [-0.05, 0) is 49.4 Å². The van der Waals surface area contributed by atoms with E-state index in [2.05, 4.69) is 5.32 Å². The Balaban J connectivity index is 1.68. The third kappa shape index (κ3) is 6.34. The first-order valence-corrected chi connectivity index (χ1v) is 12.3. The van der Waals surface area contributed by atoms with Gasteiger partial charge in [0, 0.05) is 22.7 Å². The highest BCUT2D eigenvalue weighted by molar-refractivity contribution is 7.92. The molecule has 0 aromatic heterocycles. The van der Waals surface area contributed by atoms with Crippen LogP contribution in [-0.2, 0) is 14.8 Å². The number of nitrogens with zero attached hydrogens (tertiary/aromatic N) is 1. The molecular formula is C24H23ClN2O5S. The summed E-state index contributed by atoms with van der Waals surface area (Å²) < 4.78 is 30.4. The minimum absolute atomic E-state index is 0.267. The van der Waals surface area contributed by atoms with E-state index in [1.165, 1.54) is 10.4 Å². The average molecular weight is 487 g/mol. The molecular weight excluding hydrogens is 464 g/mol. The molecule has 7 nitrogen and oxygen atoms in total. The van der Waals surface area contributed by atoms with Crippen LogP contribution < -0.4 is 14.4 Å². The molecule has 0 aliphatic rings. The van der Waals surface area contributed by atoms with Crippen LogP contribution in [0.2, 0.25) is 5.02 Å². The van der Waals surface area contributed by atoms with E-state index in [1.54, 1.807) is 67.6 Å². The van der Waals surface area contributed by atoms with Gasteiger partial charge in [-0.1, -0.05) is 41.9 Å². The minimum Gasteiger partial charge on any atom is -0.484 e. The van der Waals surface area contributed by atoms with E-state index in [1.807, 2.05) is 6.07 Å². The van der Waals surface area contributed by atoms with Crippen LogP contribution in [0.15, 0.2) is 72.8 Å². The van der Waals surface area contributed by atoms with Crippen LogP contribution in [0.5, 0.6) is 5.75 Å². The molecule has 0 saturated heterocycles. The summed E-state index contributed by atoms with van der Waals surface area (Å²) in [5.74, 6) is -0.332. The highest BCUT2D eigenvalue weighted by Gasteiger charge is 2.17. The van der Waals surface area contributed by atoms with Crippen LogP contribution in [0, 0.1) is 0 Å². The van der Waals surface area contributed by atoms with Crippen molar-refractivity contribution in [2.45, 2.75) is 6.92 Å². The summed E-state index contributed by atoms with van der Waals surface area (Å²) in [7, 11) is -3.38. The van der Waals surface area contributed by atoms with Crippen molar-refractivity contribution in [2.75, 3.05) is 29.0 Å². The molecule has 0 fully saturated rings. The number of benzene rings is 3. The first-order chi connectivity index (χ1) is 15.7. The van der Waals surface area contributed by atoms with E-state index in [0.29, 0.717) is 34.3 Å². The number of amides is 1. The Hall–Kier alpha value is -3.36. The van der Waals surface area contributed by atoms with Crippen molar-refractivity contribution in [2.24, 2.45) is 0 Å². The summed E-state index contributed by atoms with van der Waals surface area (Å²) in [6, 6.07) is 19.7. The summed E-state index contributed by atoms with van der Waals surface area (Å²) in [5.41, 5.74) is 1.57. The maximum atomic E-state index is 12.9. The molecule has 3 aromatic carbocycles. The van der Waals surface area contributed by atoms with Gasteiger partial charge in [0.2, 0.25) is 10.0 Å². The SMILES string of the molecule is CCN(c1ccc(OCC(=O)Nc2ccc(Cl)cc2C(=O)c2ccccc2)cc1)S(C)(=O)=O. The number of hydrogen-bond acceptors (Lipinski definition) is 5. The quantitative estimate of drug-likeness (QED) is 0.453. The molecule has 0 heterocycles. The monoisotopic (exact) mass is 486 g/mol. The predicted octanol–water partition coefficient (Wildman–Crippen LogP) is 4.37. The van der Waals surface area contributed by atoms with Crippen molar-refractivity contribution >= 4 is 44.7 Å². The molecule has 3 aromatic rings. The van der Waals surface area contributed by atoms with Crippen molar-refractivity contribution in [3.63, 3.8) is 0 Å². The Morgan fingerprint density at radius 3 is 2.27 bits per heavy atom. The van der Waals surface area contributed by atoms with Crippen molar-refractivity contribution in [1.29, 1.82) is 0 Å². The molecule has 0 spiro atoms. The molecule has 9 heteroatoms. The summed E-state index contributed by atoms with van der Waals surface area (Å²) in [6.45, 7) is 1.74. The zero-order chi connectivity index (χ0) is 24.0. The molecule has 0 saturated carbocycles. The van der Waals surface area contributed by atoms with E-state index < -0.39 is 15.9 Å². The average Bonchev–Trinajstić information content (AvgIpc) is 2.79. The van der Waals surface area contributed by atoms with Crippen LogP contribution in [0.3, 0.4) is 0 Å². The van der Waals surface area contributed by atoms with Gasteiger partial charge in [0.05, 0.1) is 17.6 Å². The molecule has 1 N–H and O–H groups in total. The highest BCUT2D eigenvalue weighted by Crippen LogP contribution is 2.24. The Morgan fingerprint density at radius 1 is 1.00 bits per heavy atom. The van der Waals surface area contributed by atoms with E-state index in [-0.39, 0.29) is 18.0 Å². The zero-order valence-electron chi connectivity index (χ0n) is 18.1. The zero-order valence-corrected chi connectivity index (χ0v) is 19.7. The van der Waals surface area contributed by atoms with Gasteiger partial charge in [-0.3, -0.25) is 13.9 Å². The van der Waals surface area contributed by atoms with Crippen LogP contribution in [0.4, 0.5) is 11.4 Å². The Kier molecular flexibility index (Phi) is 7.73. The third-order valence-electron chi connectivity index (χ3n) is 4.72. The molecule has 0 aliphatic heterocycles. The summed E-state index contributed by atoms with van der Waals surface area (Å²) in [6.07, 6.45) is 1.14. The van der Waals surface area contributed by atoms with E-state index >= 15 is 0 Å². The van der Waals surface area contributed by atoms with Gasteiger partial charge in [0.1, 0.15) is 5.75 Å². The third-order valence-corrected chi connectivity index (χ3v) is 6.22. The highest BCUT2D eigenvalue weighted by atomic mass is 35.5. The lowest BCUT2D eigenvalue weighted by Gasteiger charge is -2.20. The first kappa shape index (κ1) is 24.3. The molecule has 0 unspecified atom stereocenters. The lowest BCUT2D eigenvalue weighted by atomic mass is 10.0. The Morgan fingerprint density at radius 2 is 1.67 bits per heavy atom. The van der Waals surface area contributed by atoms with Crippen LogP contribution >= 0.6 is 11.6 Å². The molecule has 172 valence electrons.